The van der Waals surface area contributed by atoms with Crippen molar-refractivity contribution in [1.29, 1.82) is 5.26 Å². The molecule has 1 aromatic rings. The van der Waals surface area contributed by atoms with E-state index >= 15 is 0 Å². The number of benzene rings is 1. The van der Waals surface area contributed by atoms with E-state index in [9.17, 15) is 23.2 Å². The van der Waals surface area contributed by atoms with E-state index in [1.165, 1.54) is 5.56 Å². The third kappa shape index (κ3) is 5.75. The molecule has 2 rings (SSSR count). The molecule has 1 fully saturated rings. The third-order valence-electron chi connectivity index (χ3n) is 4.57. The fourth-order valence-electron chi connectivity index (χ4n) is 3.03. The number of hydrogen-bond donors (Lipinski definition) is 0. The lowest BCUT2D eigenvalue weighted by Crippen LogP contribution is -2.43. The van der Waals surface area contributed by atoms with Gasteiger partial charge < -0.3 is 4.84 Å². The van der Waals surface area contributed by atoms with Gasteiger partial charge in [0.1, 0.15) is 0 Å². The summed E-state index contributed by atoms with van der Waals surface area (Å²) >= 11 is 0. The molecule has 7 heteroatoms. The van der Waals surface area contributed by atoms with Gasteiger partial charge in [0, 0.05) is 13.1 Å². The van der Waals surface area contributed by atoms with E-state index in [0.717, 1.165) is 24.3 Å². The predicted octanol–water partition coefficient (Wildman–Crippen LogP) is 4.03. The number of rotatable bonds is 6. The first-order chi connectivity index (χ1) is 11.8. The van der Waals surface area contributed by atoms with Crippen LogP contribution in [0.15, 0.2) is 30.3 Å². The quantitative estimate of drug-likeness (QED) is 0.724. The van der Waals surface area contributed by atoms with Crippen molar-refractivity contribution in [2.24, 2.45) is 5.41 Å². The van der Waals surface area contributed by atoms with Crippen molar-refractivity contribution in [2.75, 3.05) is 13.1 Å². The smallest absolute Gasteiger partial charge is 0.361 e. The minimum absolute atomic E-state index is 0.147. The average Bonchev–Trinajstić information content (AvgIpc) is 2.60. The fraction of sp³-hybridized carbons (Fsp3) is 0.556. The number of nitriles is 1. The van der Waals surface area contributed by atoms with Crippen LogP contribution < -0.4 is 0 Å². The van der Waals surface area contributed by atoms with Gasteiger partial charge in [-0.3, -0.25) is 0 Å². The van der Waals surface area contributed by atoms with E-state index in [-0.39, 0.29) is 13.1 Å². The predicted molar refractivity (Wildman–Crippen MR) is 85.0 cm³/mol. The number of halogens is 3. The van der Waals surface area contributed by atoms with Gasteiger partial charge in [0.2, 0.25) is 0 Å². The summed E-state index contributed by atoms with van der Waals surface area (Å²) in [5, 5.41) is 10.5. The van der Waals surface area contributed by atoms with Crippen LogP contribution in [-0.4, -0.2) is 30.3 Å². The summed E-state index contributed by atoms with van der Waals surface area (Å²) in [7, 11) is 0. The van der Waals surface area contributed by atoms with Crippen LogP contribution in [0, 0.1) is 16.7 Å². The fourth-order valence-corrected chi connectivity index (χ4v) is 3.03. The molecular weight excluding hydrogens is 333 g/mol. The van der Waals surface area contributed by atoms with Gasteiger partial charge in [-0.25, -0.2) is 4.79 Å². The summed E-state index contributed by atoms with van der Waals surface area (Å²) < 4.78 is 36.6. The minimum atomic E-state index is -5.00. The van der Waals surface area contributed by atoms with Crippen molar-refractivity contribution < 1.29 is 22.8 Å². The van der Waals surface area contributed by atoms with Gasteiger partial charge in [-0.2, -0.15) is 18.4 Å². The van der Waals surface area contributed by atoms with Gasteiger partial charge in [-0.15, -0.1) is 5.06 Å². The SMILES string of the molecule is N#CC1(CCCCc2ccccc2)CCN(OC(=O)C(F)(F)F)CC1. The van der Waals surface area contributed by atoms with Crippen LogP contribution in [-0.2, 0) is 16.1 Å². The summed E-state index contributed by atoms with van der Waals surface area (Å²) in [4.78, 5) is 15.2. The molecule has 136 valence electrons. The van der Waals surface area contributed by atoms with Gasteiger partial charge in [-0.1, -0.05) is 36.8 Å². The van der Waals surface area contributed by atoms with Crippen LogP contribution in [0.25, 0.3) is 0 Å². The van der Waals surface area contributed by atoms with Crippen LogP contribution in [0.1, 0.15) is 37.7 Å². The van der Waals surface area contributed by atoms with Crippen molar-refractivity contribution in [3.8, 4) is 6.07 Å². The van der Waals surface area contributed by atoms with E-state index < -0.39 is 17.6 Å². The Morgan fingerprint density at radius 2 is 1.84 bits per heavy atom. The lowest BCUT2D eigenvalue weighted by Gasteiger charge is -2.36. The largest absolute Gasteiger partial charge is 0.492 e. The van der Waals surface area contributed by atoms with E-state index in [0.29, 0.717) is 19.3 Å². The van der Waals surface area contributed by atoms with Gasteiger partial charge in [0.05, 0.1) is 11.5 Å². The Morgan fingerprint density at radius 1 is 1.20 bits per heavy atom. The Balaban J connectivity index is 1.75. The number of carbonyl (C=O) groups is 1. The first kappa shape index (κ1) is 19.3. The first-order valence-corrected chi connectivity index (χ1v) is 8.34. The van der Waals surface area contributed by atoms with Crippen LogP contribution in [0.3, 0.4) is 0 Å². The van der Waals surface area contributed by atoms with Gasteiger partial charge in [0.15, 0.2) is 0 Å². The number of carbonyl (C=O) groups excluding carboxylic acids is 1. The maximum absolute atomic E-state index is 12.2. The first-order valence-electron chi connectivity index (χ1n) is 8.34. The highest BCUT2D eigenvalue weighted by molar-refractivity contribution is 5.75. The molecule has 25 heavy (non-hydrogen) atoms. The molecule has 0 radical (unpaired) electrons. The average molecular weight is 354 g/mol. The maximum Gasteiger partial charge on any atom is 0.492 e. The maximum atomic E-state index is 12.2. The monoisotopic (exact) mass is 354 g/mol. The van der Waals surface area contributed by atoms with Crippen molar-refractivity contribution in [3.05, 3.63) is 35.9 Å². The Morgan fingerprint density at radius 3 is 2.40 bits per heavy atom. The molecule has 0 amide bonds. The minimum Gasteiger partial charge on any atom is -0.361 e. The number of aryl methyl sites for hydroxylation is 1. The summed E-state index contributed by atoms with van der Waals surface area (Å²) in [6, 6.07) is 12.4. The molecule has 0 spiro atoms. The second kappa shape index (κ2) is 8.34. The Kier molecular flexibility index (Phi) is 6.43. The van der Waals surface area contributed by atoms with Gasteiger partial charge in [0.25, 0.3) is 0 Å². The number of hydrogen-bond acceptors (Lipinski definition) is 4. The zero-order valence-corrected chi connectivity index (χ0v) is 13.9. The second-order valence-electron chi connectivity index (χ2n) is 6.39. The molecule has 0 aromatic heterocycles. The molecule has 0 N–H and O–H groups in total. The normalized spacial score (nSPS) is 17.7. The van der Waals surface area contributed by atoms with Crippen molar-refractivity contribution >= 4 is 5.97 Å². The number of hydroxylamine groups is 2. The lowest BCUT2D eigenvalue weighted by atomic mass is 9.76. The zero-order valence-electron chi connectivity index (χ0n) is 13.9. The molecule has 1 aliphatic heterocycles. The number of nitrogens with zero attached hydrogens (tertiary/aromatic N) is 2. The summed E-state index contributed by atoms with van der Waals surface area (Å²) in [6.07, 6.45) is -0.707. The Labute approximate surface area is 145 Å². The topological polar surface area (TPSA) is 53.3 Å². The third-order valence-corrected chi connectivity index (χ3v) is 4.57. The number of alkyl halides is 3. The summed E-state index contributed by atoms with van der Waals surface area (Å²) in [5.74, 6) is -2.21. The highest BCUT2D eigenvalue weighted by Gasteiger charge is 2.44. The van der Waals surface area contributed by atoms with Crippen LogP contribution in [0.4, 0.5) is 13.2 Å². The molecule has 0 bridgehead atoms. The van der Waals surface area contributed by atoms with Crippen molar-refractivity contribution in [3.63, 3.8) is 0 Å². The standard InChI is InChI=1S/C18H21F3N2O2/c19-18(20,21)16(24)25-23-12-10-17(14-22,11-13-23)9-5-4-8-15-6-2-1-3-7-15/h1-3,6-7H,4-5,8-13H2. The molecule has 1 aromatic carbocycles. The molecule has 1 heterocycles. The molecule has 1 saturated heterocycles. The van der Waals surface area contributed by atoms with E-state index in [1.54, 1.807) is 0 Å². The van der Waals surface area contributed by atoms with Crippen LogP contribution in [0.5, 0.6) is 0 Å². The van der Waals surface area contributed by atoms with Crippen LogP contribution in [0.2, 0.25) is 0 Å². The van der Waals surface area contributed by atoms with E-state index in [2.05, 4.69) is 23.0 Å². The summed E-state index contributed by atoms with van der Waals surface area (Å²) in [5.41, 5.74) is 0.708. The molecule has 0 aliphatic carbocycles. The highest BCUT2D eigenvalue weighted by atomic mass is 19.4. The van der Waals surface area contributed by atoms with E-state index in [1.807, 2.05) is 18.2 Å². The van der Waals surface area contributed by atoms with Gasteiger partial charge >= 0.3 is 12.1 Å². The molecule has 1 aliphatic rings. The summed E-state index contributed by atoms with van der Waals surface area (Å²) in [6.45, 7) is 0.294. The zero-order chi connectivity index (χ0) is 18.3. The number of piperidine rings is 1. The lowest BCUT2D eigenvalue weighted by molar-refractivity contribution is -0.243. The molecular formula is C18H21F3N2O2. The van der Waals surface area contributed by atoms with Crippen molar-refractivity contribution in [1.82, 2.24) is 5.06 Å². The highest BCUT2D eigenvalue weighted by Crippen LogP contribution is 2.36. The Hall–Kier alpha value is -2.07. The Bertz CT molecular complexity index is 603. The van der Waals surface area contributed by atoms with Gasteiger partial charge in [-0.05, 0) is 37.7 Å². The molecule has 4 nitrogen and oxygen atoms in total. The van der Waals surface area contributed by atoms with E-state index in [4.69, 9.17) is 0 Å². The second-order valence-corrected chi connectivity index (χ2v) is 6.39. The van der Waals surface area contributed by atoms with Crippen molar-refractivity contribution in [2.45, 2.75) is 44.7 Å². The number of unbranched alkanes of at least 4 members (excludes halogenated alkanes) is 1. The van der Waals surface area contributed by atoms with Crippen LogP contribution >= 0.6 is 0 Å². The molecule has 0 saturated carbocycles. The molecule has 0 atom stereocenters. The molecule has 0 unspecified atom stereocenters.